The van der Waals surface area contributed by atoms with Gasteiger partial charge >= 0.3 is 0 Å². The summed E-state index contributed by atoms with van der Waals surface area (Å²) in [5.74, 6) is 4.29. The van der Waals surface area contributed by atoms with Crippen molar-refractivity contribution in [1.82, 2.24) is 5.32 Å². The van der Waals surface area contributed by atoms with Crippen molar-refractivity contribution < 1.29 is 5.11 Å². The highest BCUT2D eigenvalue weighted by molar-refractivity contribution is 9.10. The van der Waals surface area contributed by atoms with Crippen LogP contribution in [0.4, 0.5) is 0 Å². The Labute approximate surface area is 115 Å². The molecule has 1 atom stereocenters. The second-order valence-corrected chi connectivity index (χ2v) is 5.55. The fraction of sp³-hybridized carbons (Fsp3) is 0.385. The van der Waals surface area contributed by atoms with Gasteiger partial charge in [0.05, 0.1) is 11.9 Å². The van der Waals surface area contributed by atoms with Gasteiger partial charge in [-0.05, 0) is 17.7 Å². The Kier molecular flexibility index (Phi) is 7.38. The Hall–Kier alpha value is -0.470. The second kappa shape index (κ2) is 8.60. The van der Waals surface area contributed by atoms with Gasteiger partial charge in [0.2, 0.25) is 0 Å². The molecule has 1 aromatic carbocycles. The van der Waals surface area contributed by atoms with Gasteiger partial charge in [0, 0.05) is 23.3 Å². The lowest BCUT2D eigenvalue weighted by molar-refractivity contribution is 0.175. The van der Waals surface area contributed by atoms with Crippen molar-refractivity contribution >= 4 is 27.7 Å². The molecule has 0 saturated carbocycles. The van der Waals surface area contributed by atoms with Crippen molar-refractivity contribution in [3.63, 3.8) is 0 Å². The molecule has 0 radical (unpaired) electrons. The molecular weight excluding hydrogens is 298 g/mol. The van der Waals surface area contributed by atoms with E-state index < -0.39 is 6.10 Å². The number of aliphatic hydroxyl groups is 1. The Morgan fingerprint density at radius 1 is 1.53 bits per heavy atom. The predicted octanol–water partition coefficient (Wildman–Crippen LogP) is 2.44. The van der Waals surface area contributed by atoms with Crippen LogP contribution in [0.1, 0.15) is 11.7 Å². The summed E-state index contributed by atoms with van der Waals surface area (Å²) in [7, 11) is 0. The van der Waals surface area contributed by atoms with Gasteiger partial charge in [0.1, 0.15) is 0 Å². The van der Waals surface area contributed by atoms with E-state index in [0.717, 1.165) is 28.1 Å². The number of benzene rings is 1. The van der Waals surface area contributed by atoms with Crippen LogP contribution in [0.2, 0.25) is 0 Å². The molecule has 0 aliphatic rings. The van der Waals surface area contributed by atoms with Crippen molar-refractivity contribution in [2.45, 2.75) is 6.10 Å². The molecule has 92 valence electrons. The maximum absolute atomic E-state index is 9.93. The van der Waals surface area contributed by atoms with E-state index in [9.17, 15) is 5.11 Å². The van der Waals surface area contributed by atoms with Gasteiger partial charge in [-0.25, -0.2) is 0 Å². The molecule has 1 aromatic rings. The first-order valence-electron chi connectivity index (χ1n) is 5.39. The summed E-state index contributed by atoms with van der Waals surface area (Å²) in [6.45, 7) is 1.42. The first-order valence-corrected chi connectivity index (χ1v) is 7.34. The standard InChI is InChI=1S/C13H16BrNOS/c1-2-7-17-8-6-15-10-13(16)11-4-3-5-12(14)9-11/h1,3-5,9,13,15-16H,6-8,10H2. The minimum Gasteiger partial charge on any atom is -0.387 e. The third-order valence-corrected chi connectivity index (χ3v) is 3.54. The van der Waals surface area contributed by atoms with Crippen molar-refractivity contribution in [3.8, 4) is 12.3 Å². The van der Waals surface area contributed by atoms with Crippen molar-refractivity contribution in [1.29, 1.82) is 0 Å². The number of hydrogen-bond acceptors (Lipinski definition) is 3. The average Bonchev–Trinajstić information content (AvgIpc) is 2.33. The third kappa shape index (κ3) is 6.13. The molecule has 0 spiro atoms. The lowest BCUT2D eigenvalue weighted by atomic mass is 10.1. The molecule has 0 fully saturated rings. The highest BCUT2D eigenvalue weighted by Crippen LogP contribution is 2.17. The van der Waals surface area contributed by atoms with Crippen LogP contribution >= 0.6 is 27.7 Å². The molecule has 1 rings (SSSR count). The zero-order valence-electron chi connectivity index (χ0n) is 9.53. The smallest absolute Gasteiger partial charge is 0.0914 e. The summed E-state index contributed by atoms with van der Waals surface area (Å²) in [4.78, 5) is 0. The first kappa shape index (κ1) is 14.6. The van der Waals surface area contributed by atoms with Crippen LogP contribution < -0.4 is 5.32 Å². The van der Waals surface area contributed by atoms with Crippen LogP contribution in [0.15, 0.2) is 28.7 Å². The first-order chi connectivity index (χ1) is 8.24. The quantitative estimate of drug-likeness (QED) is 0.599. The van der Waals surface area contributed by atoms with Gasteiger partial charge in [0.25, 0.3) is 0 Å². The zero-order valence-corrected chi connectivity index (χ0v) is 11.9. The summed E-state index contributed by atoms with van der Waals surface area (Å²) in [6, 6.07) is 7.72. The molecule has 0 aromatic heterocycles. The van der Waals surface area contributed by atoms with Crippen LogP contribution in [0, 0.1) is 12.3 Å². The number of aliphatic hydroxyl groups excluding tert-OH is 1. The van der Waals surface area contributed by atoms with Crippen molar-refractivity contribution in [2.24, 2.45) is 0 Å². The predicted molar refractivity (Wildman–Crippen MR) is 78.1 cm³/mol. The number of nitrogens with one attached hydrogen (secondary N) is 1. The van der Waals surface area contributed by atoms with Crippen LogP contribution in [-0.4, -0.2) is 29.7 Å². The van der Waals surface area contributed by atoms with Crippen molar-refractivity contribution in [3.05, 3.63) is 34.3 Å². The highest BCUT2D eigenvalue weighted by atomic mass is 79.9. The normalized spacial score (nSPS) is 12.1. The molecule has 0 aliphatic carbocycles. The Morgan fingerprint density at radius 2 is 2.35 bits per heavy atom. The summed E-state index contributed by atoms with van der Waals surface area (Å²) in [6.07, 6.45) is 4.68. The molecule has 0 saturated heterocycles. The number of hydrogen-bond donors (Lipinski definition) is 2. The molecule has 2 N–H and O–H groups in total. The molecule has 1 unspecified atom stereocenters. The number of terminal acetylenes is 1. The van der Waals surface area contributed by atoms with E-state index in [0.29, 0.717) is 6.54 Å². The Balaban J connectivity index is 2.21. The number of thioether (sulfide) groups is 1. The lowest BCUT2D eigenvalue weighted by Gasteiger charge is -2.12. The number of rotatable bonds is 7. The van der Waals surface area contributed by atoms with E-state index in [2.05, 4.69) is 27.2 Å². The van der Waals surface area contributed by atoms with E-state index in [1.165, 1.54) is 0 Å². The molecule has 0 amide bonds. The molecule has 0 bridgehead atoms. The summed E-state index contributed by atoms with van der Waals surface area (Å²) in [5, 5.41) is 13.1. The summed E-state index contributed by atoms with van der Waals surface area (Å²) in [5.41, 5.74) is 0.920. The molecule has 4 heteroatoms. The minimum absolute atomic E-state index is 0.467. The summed E-state index contributed by atoms with van der Waals surface area (Å²) >= 11 is 5.10. The van der Waals surface area contributed by atoms with Gasteiger partial charge < -0.3 is 10.4 Å². The monoisotopic (exact) mass is 313 g/mol. The van der Waals surface area contributed by atoms with E-state index in [4.69, 9.17) is 6.42 Å². The second-order valence-electron chi connectivity index (χ2n) is 3.53. The van der Waals surface area contributed by atoms with Gasteiger partial charge in [-0.15, -0.1) is 18.2 Å². The van der Waals surface area contributed by atoms with Gasteiger partial charge in [0.15, 0.2) is 0 Å². The molecule has 0 aliphatic heterocycles. The topological polar surface area (TPSA) is 32.3 Å². The number of halogens is 1. The maximum atomic E-state index is 9.93. The minimum atomic E-state index is -0.467. The van der Waals surface area contributed by atoms with Gasteiger partial charge in [-0.2, -0.15) is 0 Å². The van der Waals surface area contributed by atoms with Gasteiger partial charge in [-0.1, -0.05) is 34.0 Å². The summed E-state index contributed by atoms with van der Waals surface area (Å²) < 4.78 is 0.985. The van der Waals surface area contributed by atoms with Gasteiger partial charge in [-0.3, -0.25) is 0 Å². The SMILES string of the molecule is C#CCSCCNCC(O)c1cccc(Br)c1. The van der Waals surface area contributed by atoms with Crippen molar-refractivity contribution in [2.75, 3.05) is 24.6 Å². The van der Waals surface area contributed by atoms with Crippen LogP contribution in [0.5, 0.6) is 0 Å². The molecule has 2 nitrogen and oxygen atoms in total. The molecule has 0 heterocycles. The molecule has 17 heavy (non-hydrogen) atoms. The molecular formula is C13H16BrNOS. The van der Waals surface area contributed by atoms with Crippen LogP contribution in [0.3, 0.4) is 0 Å². The van der Waals surface area contributed by atoms with Crippen LogP contribution in [-0.2, 0) is 0 Å². The lowest BCUT2D eigenvalue weighted by Crippen LogP contribution is -2.23. The van der Waals surface area contributed by atoms with E-state index in [1.807, 2.05) is 24.3 Å². The maximum Gasteiger partial charge on any atom is 0.0914 e. The Morgan fingerprint density at radius 3 is 3.06 bits per heavy atom. The third-order valence-electron chi connectivity index (χ3n) is 2.18. The highest BCUT2D eigenvalue weighted by Gasteiger charge is 2.06. The van der Waals surface area contributed by atoms with Crippen LogP contribution in [0.25, 0.3) is 0 Å². The zero-order chi connectivity index (χ0) is 12.5. The van der Waals surface area contributed by atoms with E-state index in [1.54, 1.807) is 11.8 Å². The largest absolute Gasteiger partial charge is 0.387 e. The van der Waals surface area contributed by atoms with E-state index >= 15 is 0 Å². The fourth-order valence-corrected chi connectivity index (χ4v) is 2.31. The van der Waals surface area contributed by atoms with E-state index in [-0.39, 0.29) is 0 Å². The fourth-order valence-electron chi connectivity index (χ4n) is 1.35. The average molecular weight is 314 g/mol. The Bertz CT molecular complexity index is 378.